The van der Waals surface area contributed by atoms with Gasteiger partial charge in [0.2, 0.25) is 5.92 Å². The molecule has 1 saturated carbocycles. The summed E-state index contributed by atoms with van der Waals surface area (Å²) in [6, 6.07) is 0. The molecule has 0 amide bonds. The summed E-state index contributed by atoms with van der Waals surface area (Å²) < 4.78 is 26.8. The first kappa shape index (κ1) is 14.9. The fraction of sp³-hybridized carbons (Fsp3) is 0.933. The molecule has 1 aliphatic carbocycles. The van der Waals surface area contributed by atoms with Gasteiger partial charge in [0, 0.05) is 31.2 Å². The van der Waals surface area contributed by atoms with Gasteiger partial charge in [-0.1, -0.05) is 13.8 Å². The fourth-order valence-electron chi connectivity index (χ4n) is 3.68. The predicted octanol–water partition coefficient (Wildman–Crippen LogP) is 3.41. The lowest BCUT2D eigenvalue weighted by molar-refractivity contribution is -0.132. The number of Topliss-reactive ketones (excluding diaryl/α,β-unsaturated/α-hetero) is 1. The van der Waals surface area contributed by atoms with Crippen LogP contribution in [-0.4, -0.2) is 24.8 Å². The molecule has 0 spiro atoms. The van der Waals surface area contributed by atoms with Crippen LogP contribution in [0.2, 0.25) is 0 Å². The molecule has 110 valence electrons. The molecule has 1 heterocycles. The summed E-state index contributed by atoms with van der Waals surface area (Å²) in [7, 11) is 0. The maximum absolute atomic E-state index is 13.4. The van der Waals surface area contributed by atoms with Gasteiger partial charge in [-0.05, 0) is 37.6 Å². The highest BCUT2D eigenvalue weighted by Crippen LogP contribution is 2.42. The molecule has 0 aromatic carbocycles. The maximum Gasteiger partial charge on any atom is 0.248 e. The second-order valence-corrected chi connectivity index (χ2v) is 6.68. The summed E-state index contributed by atoms with van der Waals surface area (Å²) in [6.07, 6.45) is 2.43. The molecule has 1 saturated heterocycles. The van der Waals surface area contributed by atoms with Gasteiger partial charge in [-0.2, -0.15) is 0 Å². The molecule has 2 nitrogen and oxygen atoms in total. The van der Waals surface area contributed by atoms with Gasteiger partial charge in [0.1, 0.15) is 5.78 Å². The Bertz CT molecular complexity index is 335. The lowest BCUT2D eigenvalue weighted by atomic mass is 9.69. The van der Waals surface area contributed by atoms with Crippen LogP contribution < -0.4 is 5.32 Å². The van der Waals surface area contributed by atoms with Crippen molar-refractivity contribution in [1.29, 1.82) is 0 Å². The van der Waals surface area contributed by atoms with Gasteiger partial charge in [0.25, 0.3) is 0 Å². The SMILES string of the molecule is CC(C)C1(C(=O)CC2CCCC(F)(F)C2)CCNC1. The summed E-state index contributed by atoms with van der Waals surface area (Å²) in [5, 5.41) is 3.26. The topological polar surface area (TPSA) is 29.1 Å². The Morgan fingerprint density at radius 3 is 2.63 bits per heavy atom. The second-order valence-electron chi connectivity index (χ2n) is 6.68. The van der Waals surface area contributed by atoms with Gasteiger partial charge in [0.05, 0.1) is 0 Å². The molecule has 2 fully saturated rings. The molecular weight excluding hydrogens is 248 g/mol. The minimum atomic E-state index is -2.55. The third kappa shape index (κ3) is 3.15. The average molecular weight is 273 g/mol. The van der Waals surface area contributed by atoms with Crippen LogP contribution in [0.1, 0.15) is 52.4 Å². The molecule has 4 heteroatoms. The number of alkyl halides is 2. The van der Waals surface area contributed by atoms with Gasteiger partial charge < -0.3 is 5.32 Å². The van der Waals surface area contributed by atoms with Crippen LogP contribution in [0.4, 0.5) is 8.78 Å². The van der Waals surface area contributed by atoms with Gasteiger partial charge >= 0.3 is 0 Å². The van der Waals surface area contributed by atoms with Crippen LogP contribution in [0.3, 0.4) is 0 Å². The number of hydrogen-bond acceptors (Lipinski definition) is 2. The van der Waals surface area contributed by atoms with Crippen molar-refractivity contribution < 1.29 is 13.6 Å². The van der Waals surface area contributed by atoms with E-state index in [0.29, 0.717) is 19.4 Å². The van der Waals surface area contributed by atoms with E-state index in [9.17, 15) is 13.6 Å². The maximum atomic E-state index is 13.4. The van der Waals surface area contributed by atoms with E-state index in [1.54, 1.807) is 0 Å². The van der Waals surface area contributed by atoms with Crippen LogP contribution in [0.25, 0.3) is 0 Å². The molecule has 0 bridgehead atoms. The van der Waals surface area contributed by atoms with Crippen LogP contribution in [0, 0.1) is 17.3 Å². The molecule has 2 atom stereocenters. The first-order valence-corrected chi connectivity index (χ1v) is 7.48. The molecule has 0 aromatic heterocycles. The molecule has 0 radical (unpaired) electrons. The summed E-state index contributed by atoms with van der Waals surface area (Å²) >= 11 is 0. The van der Waals surface area contributed by atoms with E-state index in [-0.39, 0.29) is 35.9 Å². The highest BCUT2D eigenvalue weighted by molar-refractivity contribution is 5.86. The number of carbonyl (C=O) groups excluding carboxylic acids is 1. The summed E-state index contributed by atoms with van der Waals surface area (Å²) in [4.78, 5) is 12.6. The van der Waals surface area contributed by atoms with Crippen molar-refractivity contribution >= 4 is 5.78 Å². The quantitative estimate of drug-likeness (QED) is 0.850. The van der Waals surface area contributed by atoms with Gasteiger partial charge in [-0.15, -0.1) is 0 Å². The molecule has 2 rings (SSSR count). The van der Waals surface area contributed by atoms with E-state index >= 15 is 0 Å². The van der Waals surface area contributed by atoms with Crippen molar-refractivity contribution in [1.82, 2.24) is 5.32 Å². The minimum Gasteiger partial charge on any atom is -0.316 e. The first-order valence-electron chi connectivity index (χ1n) is 7.48. The van der Waals surface area contributed by atoms with Crippen LogP contribution in [0.15, 0.2) is 0 Å². The Kier molecular flexibility index (Phi) is 4.29. The number of rotatable bonds is 4. The Morgan fingerprint density at radius 2 is 2.11 bits per heavy atom. The summed E-state index contributed by atoms with van der Waals surface area (Å²) in [6.45, 7) is 5.72. The van der Waals surface area contributed by atoms with E-state index in [2.05, 4.69) is 19.2 Å². The van der Waals surface area contributed by atoms with Crippen molar-refractivity contribution in [3.63, 3.8) is 0 Å². The third-order valence-electron chi connectivity index (χ3n) is 5.07. The van der Waals surface area contributed by atoms with Gasteiger partial charge in [-0.3, -0.25) is 4.79 Å². The van der Waals surface area contributed by atoms with Crippen molar-refractivity contribution in [3.8, 4) is 0 Å². The molecule has 0 aromatic rings. The van der Waals surface area contributed by atoms with E-state index < -0.39 is 5.92 Å². The third-order valence-corrected chi connectivity index (χ3v) is 5.07. The summed E-state index contributed by atoms with van der Waals surface area (Å²) in [5.41, 5.74) is -0.313. The Hall–Kier alpha value is -0.510. The largest absolute Gasteiger partial charge is 0.316 e. The first-order chi connectivity index (χ1) is 8.86. The minimum absolute atomic E-state index is 0.00539. The fourth-order valence-corrected chi connectivity index (χ4v) is 3.68. The summed E-state index contributed by atoms with van der Waals surface area (Å²) in [5.74, 6) is -2.19. The van der Waals surface area contributed by atoms with Crippen LogP contribution >= 0.6 is 0 Å². The zero-order valence-electron chi connectivity index (χ0n) is 12.0. The van der Waals surface area contributed by atoms with Crippen molar-refractivity contribution in [3.05, 3.63) is 0 Å². The molecule has 19 heavy (non-hydrogen) atoms. The molecule has 1 aliphatic heterocycles. The predicted molar refractivity (Wildman–Crippen MR) is 71.3 cm³/mol. The standard InChI is InChI=1S/C15H25F2NO/c1-11(2)14(6-7-18-10-14)13(19)8-12-4-3-5-15(16,17)9-12/h11-12,18H,3-10H2,1-2H3. The van der Waals surface area contributed by atoms with Gasteiger partial charge in [0.15, 0.2) is 0 Å². The number of hydrogen-bond donors (Lipinski definition) is 1. The smallest absolute Gasteiger partial charge is 0.248 e. The van der Waals surface area contributed by atoms with Crippen molar-refractivity contribution in [2.24, 2.45) is 17.3 Å². The zero-order valence-corrected chi connectivity index (χ0v) is 12.0. The van der Waals surface area contributed by atoms with Crippen molar-refractivity contribution in [2.45, 2.75) is 58.3 Å². The molecular formula is C15H25F2NO. The normalized spacial score (nSPS) is 34.7. The lowest BCUT2D eigenvalue weighted by Crippen LogP contribution is -2.40. The van der Waals surface area contributed by atoms with Crippen LogP contribution in [0.5, 0.6) is 0 Å². The molecule has 2 unspecified atom stereocenters. The monoisotopic (exact) mass is 273 g/mol. The van der Waals surface area contributed by atoms with Crippen molar-refractivity contribution in [2.75, 3.05) is 13.1 Å². The Morgan fingerprint density at radius 1 is 1.37 bits per heavy atom. The number of ketones is 1. The average Bonchev–Trinajstić information content (AvgIpc) is 2.77. The van der Waals surface area contributed by atoms with Gasteiger partial charge in [-0.25, -0.2) is 8.78 Å². The van der Waals surface area contributed by atoms with Crippen LogP contribution in [-0.2, 0) is 4.79 Å². The highest BCUT2D eigenvalue weighted by Gasteiger charge is 2.45. The highest BCUT2D eigenvalue weighted by atomic mass is 19.3. The Labute approximate surface area is 114 Å². The molecule has 2 aliphatic rings. The number of carbonyl (C=O) groups is 1. The number of nitrogens with one attached hydrogen (secondary N) is 1. The van der Waals surface area contributed by atoms with E-state index in [1.807, 2.05) is 0 Å². The Balaban J connectivity index is 2.00. The zero-order chi connectivity index (χ0) is 14.1. The second kappa shape index (κ2) is 5.47. The molecule has 1 N–H and O–H groups in total. The van der Waals surface area contributed by atoms with E-state index in [0.717, 1.165) is 19.4 Å². The van der Waals surface area contributed by atoms with E-state index in [4.69, 9.17) is 0 Å². The van der Waals surface area contributed by atoms with E-state index in [1.165, 1.54) is 0 Å². The lowest BCUT2D eigenvalue weighted by Gasteiger charge is -2.34. The number of halogens is 2.